The van der Waals surface area contributed by atoms with Crippen LogP contribution < -0.4 is 16.0 Å². The van der Waals surface area contributed by atoms with Crippen LogP contribution in [0.5, 0.6) is 0 Å². The van der Waals surface area contributed by atoms with Crippen molar-refractivity contribution in [3.8, 4) is 0 Å². The summed E-state index contributed by atoms with van der Waals surface area (Å²) < 4.78 is 28.1. The third-order valence-electron chi connectivity index (χ3n) is 7.41. The smallest absolute Gasteiger partial charge is 0.417 e. The molecule has 0 heterocycles. The van der Waals surface area contributed by atoms with Crippen molar-refractivity contribution in [2.24, 2.45) is 0 Å². The molecule has 0 saturated carbocycles. The van der Waals surface area contributed by atoms with E-state index in [2.05, 4.69) is 36.7 Å². The van der Waals surface area contributed by atoms with E-state index in [4.69, 9.17) is 28.8 Å². The lowest BCUT2D eigenvalue weighted by atomic mass is 10.1. The van der Waals surface area contributed by atoms with Gasteiger partial charge in [0.15, 0.2) is 14.6 Å². The molecule has 0 radical (unpaired) electrons. The van der Waals surface area contributed by atoms with Gasteiger partial charge in [-0.05, 0) is 92.8 Å². The Kier molecular flexibility index (Phi) is 20.3. The van der Waals surface area contributed by atoms with Crippen LogP contribution >= 0.6 is 0 Å². The Labute approximate surface area is 296 Å². The monoisotopic (exact) mass is 717 g/mol. The van der Waals surface area contributed by atoms with Gasteiger partial charge >= 0.3 is 12.2 Å². The lowest BCUT2D eigenvalue weighted by Gasteiger charge is -2.38. The van der Waals surface area contributed by atoms with E-state index in [0.29, 0.717) is 58.3 Å². The lowest BCUT2D eigenvalue weighted by molar-refractivity contribution is -0.141. The number of nitrogens with one attached hydrogen (secondary N) is 4. The van der Waals surface area contributed by atoms with E-state index < -0.39 is 49.8 Å². The van der Waals surface area contributed by atoms with Gasteiger partial charge in [0.25, 0.3) is 5.91 Å². The second-order valence-corrected chi connectivity index (χ2v) is 20.1. The van der Waals surface area contributed by atoms with Gasteiger partial charge in [0.2, 0.25) is 18.1 Å². The molecule has 0 aliphatic heterocycles. The van der Waals surface area contributed by atoms with Crippen molar-refractivity contribution in [3.63, 3.8) is 0 Å². The summed E-state index contributed by atoms with van der Waals surface area (Å²) in [5.41, 5.74) is -1.57. The van der Waals surface area contributed by atoms with Gasteiger partial charge in [-0.15, -0.1) is 0 Å². The predicted octanol–water partition coefficient (Wildman–Crippen LogP) is 6.39. The number of hydrogen-bond acceptors (Lipinski definition) is 10. The number of guanidine groups is 1. The van der Waals surface area contributed by atoms with Crippen LogP contribution in [0.1, 0.15) is 121 Å². The molecule has 0 fully saturated rings. The minimum atomic E-state index is -2.41. The Hall–Kier alpha value is -2.75. The molecule has 1 atom stereocenters. The Morgan fingerprint density at radius 3 is 1.86 bits per heavy atom. The van der Waals surface area contributed by atoms with E-state index in [1.807, 2.05) is 26.9 Å². The predicted molar refractivity (Wildman–Crippen MR) is 193 cm³/mol. The maximum absolute atomic E-state index is 13.2. The standard InChI is InChI=1S/C34H67N5O9Si/c1-14-44-26(45-15-2)22-20-23-36-27(41)28(48-49(12,13)34(9,10)11)37-25(40)21-18-16-17-19-24-39(31(43)47-33(6,7)8)29(35)38-30(42)46-32(3,4)5/h26,28H,14-24H2,1-13H3,(H,36,41)(H,37,40)(H2,35,38,42). The topological polar surface area (TPSA) is 178 Å². The molecule has 0 rings (SSSR count). The molecule has 4 N–H and O–H groups in total. The highest BCUT2D eigenvalue weighted by molar-refractivity contribution is 6.74. The first-order valence-electron chi connectivity index (χ1n) is 17.5. The Balaban J connectivity index is 5.16. The van der Waals surface area contributed by atoms with Crippen molar-refractivity contribution < 1.29 is 42.6 Å². The normalized spacial score (nSPS) is 13.0. The number of amides is 4. The summed E-state index contributed by atoms with van der Waals surface area (Å²) in [6.45, 7) is 25.9. The van der Waals surface area contributed by atoms with Crippen LogP contribution in [0.15, 0.2) is 0 Å². The summed E-state index contributed by atoms with van der Waals surface area (Å²) in [6, 6.07) is 0. The molecule has 0 aromatic carbocycles. The first-order valence-corrected chi connectivity index (χ1v) is 20.4. The van der Waals surface area contributed by atoms with E-state index in [9.17, 15) is 19.2 Å². The second kappa shape index (κ2) is 21.5. The summed E-state index contributed by atoms with van der Waals surface area (Å²) in [4.78, 5) is 52.3. The quantitative estimate of drug-likeness (QED) is 0.0387. The van der Waals surface area contributed by atoms with Gasteiger partial charge in [0.1, 0.15) is 11.2 Å². The highest BCUT2D eigenvalue weighted by Gasteiger charge is 2.41. The molecule has 14 nitrogen and oxygen atoms in total. The van der Waals surface area contributed by atoms with E-state index >= 15 is 0 Å². The third kappa shape index (κ3) is 21.2. The number of unbranched alkanes of at least 4 members (excludes halogenated alkanes) is 3. The van der Waals surface area contributed by atoms with E-state index in [-0.39, 0.29) is 30.2 Å². The Morgan fingerprint density at radius 1 is 0.796 bits per heavy atom. The van der Waals surface area contributed by atoms with Gasteiger partial charge < -0.3 is 34.0 Å². The van der Waals surface area contributed by atoms with Crippen molar-refractivity contribution in [2.75, 3.05) is 26.3 Å². The summed E-state index contributed by atoms with van der Waals surface area (Å²) in [6.07, 6.45) is 0.716. The van der Waals surface area contributed by atoms with Crippen molar-refractivity contribution >= 4 is 38.3 Å². The van der Waals surface area contributed by atoms with Gasteiger partial charge in [-0.25, -0.2) is 14.5 Å². The van der Waals surface area contributed by atoms with Crippen molar-refractivity contribution in [1.29, 1.82) is 5.41 Å². The van der Waals surface area contributed by atoms with Gasteiger partial charge in [-0.3, -0.25) is 20.3 Å². The molecule has 286 valence electrons. The molecular formula is C34H67N5O9Si. The summed E-state index contributed by atoms with van der Waals surface area (Å²) >= 11 is 0. The molecule has 0 aromatic heterocycles. The van der Waals surface area contributed by atoms with Crippen LogP contribution in [-0.4, -0.2) is 93.2 Å². The molecule has 0 aliphatic rings. The second-order valence-electron chi connectivity index (χ2n) is 15.4. The molecule has 0 bridgehead atoms. The van der Waals surface area contributed by atoms with Gasteiger partial charge in [-0.2, -0.15) is 0 Å². The first kappa shape index (κ1) is 46.2. The van der Waals surface area contributed by atoms with Crippen molar-refractivity contribution in [2.45, 2.75) is 163 Å². The zero-order valence-electron chi connectivity index (χ0n) is 32.6. The van der Waals surface area contributed by atoms with E-state index in [0.717, 1.165) is 4.90 Å². The van der Waals surface area contributed by atoms with Gasteiger partial charge in [0, 0.05) is 39.1 Å². The zero-order valence-corrected chi connectivity index (χ0v) is 33.6. The lowest BCUT2D eigenvalue weighted by Crippen LogP contribution is -2.55. The van der Waals surface area contributed by atoms with Crippen LogP contribution in [0.3, 0.4) is 0 Å². The summed E-state index contributed by atoms with van der Waals surface area (Å²) in [7, 11) is -2.41. The molecule has 0 saturated heterocycles. The average Bonchev–Trinajstić information content (AvgIpc) is 2.91. The summed E-state index contributed by atoms with van der Waals surface area (Å²) in [5.74, 6) is -1.14. The fraction of sp³-hybridized carbons (Fsp3) is 0.853. The van der Waals surface area contributed by atoms with Gasteiger partial charge in [0.05, 0.1) is 0 Å². The van der Waals surface area contributed by atoms with Crippen molar-refractivity contribution in [3.05, 3.63) is 0 Å². The maximum Gasteiger partial charge on any atom is 0.417 e. The molecule has 15 heteroatoms. The Bertz CT molecular complexity index is 1050. The Morgan fingerprint density at radius 2 is 1.35 bits per heavy atom. The number of hydrogen-bond donors (Lipinski definition) is 4. The van der Waals surface area contributed by atoms with E-state index in [1.54, 1.807) is 41.5 Å². The van der Waals surface area contributed by atoms with Gasteiger partial charge in [-0.1, -0.05) is 33.6 Å². The number of rotatable bonds is 19. The molecule has 1 unspecified atom stereocenters. The molecule has 0 aliphatic carbocycles. The number of nitrogens with zero attached hydrogens (tertiary/aromatic N) is 1. The number of ether oxygens (including phenoxy) is 4. The van der Waals surface area contributed by atoms with E-state index in [1.165, 1.54) is 0 Å². The number of carbonyl (C=O) groups excluding carboxylic acids is 4. The maximum atomic E-state index is 13.2. The molecule has 4 amide bonds. The molecule has 49 heavy (non-hydrogen) atoms. The fourth-order valence-corrected chi connectivity index (χ4v) is 5.09. The van der Waals surface area contributed by atoms with Crippen LogP contribution in [0.2, 0.25) is 18.1 Å². The SMILES string of the molecule is CCOC(CCCNC(=O)C(NC(=O)CCCCCCN(C(=N)NC(=O)OC(C)(C)C)C(=O)OC(C)(C)C)O[Si](C)(C)C(C)(C)C)OCC. The number of alkyl carbamates (subject to hydrolysis) is 1. The number of carbonyl (C=O) groups is 4. The van der Waals surface area contributed by atoms with Crippen molar-refractivity contribution in [1.82, 2.24) is 20.9 Å². The minimum absolute atomic E-state index is 0.119. The van der Waals surface area contributed by atoms with Crippen LogP contribution in [-0.2, 0) is 33.0 Å². The molecule has 0 aromatic rings. The third-order valence-corrected chi connectivity index (χ3v) is 11.8. The molecule has 0 spiro atoms. The largest absolute Gasteiger partial charge is 0.444 e. The average molecular weight is 718 g/mol. The fourth-order valence-electron chi connectivity index (χ4n) is 3.99. The molecular weight excluding hydrogens is 650 g/mol. The van der Waals surface area contributed by atoms with Crippen LogP contribution in [0.25, 0.3) is 0 Å². The minimum Gasteiger partial charge on any atom is -0.444 e. The zero-order chi connectivity index (χ0) is 38.1. The first-order chi connectivity index (χ1) is 22.4. The van der Waals surface area contributed by atoms with Crippen LogP contribution in [0, 0.1) is 5.41 Å². The summed E-state index contributed by atoms with van der Waals surface area (Å²) in [5, 5.41) is 16.1. The highest BCUT2D eigenvalue weighted by atomic mass is 28.4. The highest BCUT2D eigenvalue weighted by Crippen LogP contribution is 2.37. The van der Waals surface area contributed by atoms with Crippen LogP contribution in [0.4, 0.5) is 9.59 Å².